The maximum Gasteiger partial charge on any atom is 0.136 e. The Hall–Kier alpha value is -1.32. The van der Waals surface area contributed by atoms with E-state index in [1.165, 1.54) is 25.7 Å². The third-order valence-electron chi connectivity index (χ3n) is 3.87. The van der Waals surface area contributed by atoms with Crippen LogP contribution in [0.5, 0.6) is 0 Å². The van der Waals surface area contributed by atoms with Crippen molar-refractivity contribution < 1.29 is 0 Å². The third kappa shape index (κ3) is 1.96. The van der Waals surface area contributed by atoms with Crippen LogP contribution in [0.2, 0.25) is 0 Å². The first kappa shape index (κ1) is 10.8. The monoisotopic (exact) mass is 232 g/mol. The number of nitrogens with two attached hydrogens (primary N) is 1. The van der Waals surface area contributed by atoms with Gasteiger partial charge in [0.1, 0.15) is 17.5 Å². The lowest BCUT2D eigenvalue weighted by molar-refractivity contribution is 0.513. The molecule has 92 valence electrons. The van der Waals surface area contributed by atoms with E-state index in [-0.39, 0.29) is 5.54 Å². The summed E-state index contributed by atoms with van der Waals surface area (Å²) in [6, 6.07) is 1.92. The van der Waals surface area contributed by atoms with Gasteiger partial charge in [0.2, 0.25) is 0 Å². The van der Waals surface area contributed by atoms with Crippen molar-refractivity contribution in [1.29, 1.82) is 0 Å². The van der Waals surface area contributed by atoms with Crippen LogP contribution in [-0.2, 0) is 0 Å². The second-order valence-corrected chi connectivity index (χ2v) is 5.85. The molecule has 1 aromatic rings. The molecule has 2 heterocycles. The number of rotatable bonds is 2. The number of hydrogen-bond donors (Lipinski definition) is 1. The summed E-state index contributed by atoms with van der Waals surface area (Å²) >= 11 is 0. The maximum absolute atomic E-state index is 5.90. The van der Waals surface area contributed by atoms with E-state index in [1.54, 1.807) is 0 Å². The van der Waals surface area contributed by atoms with Crippen LogP contribution in [-0.4, -0.2) is 22.1 Å². The molecule has 1 aliphatic heterocycles. The third-order valence-corrected chi connectivity index (χ3v) is 3.87. The van der Waals surface area contributed by atoms with Gasteiger partial charge in [-0.1, -0.05) is 0 Å². The molecule has 0 aromatic carbocycles. The van der Waals surface area contributed by atoms with E-state index in [0.717, 1.165) is 18.2 Å². The molecule has 0 unspecified atom stereocenters. The lowest BCUT2D eigenvalue weighted by Crippen LogP contribution is -2.38. The molecule has 2 N–H and O–H groups in total. The van der Waals surface area contributed by atoms with Crippen molar-refractivity contribution in [3.8, 4) is 0 Å². The summed E-state index contributed by atoms with van der Waals surface area (Å²) in [6.45, 7) is 5.62. The van der Waals surface area contributed by atoms with Gasteiger partial charge < -0.3 is 10.6 Å². The highest BCUT2D eigenvalue weighted by Gasteiger charge is 2.34. The molecular formula is C13H20N4. The van der Waals surface area contributed by atoms with Crippen molar-refractivity contribution >= 4 is 11.6 Å². The predicted octanol–water partition coefficient (Wildman–Crippen LogP) is 2.32. The number of anilines is 2. The van der Waals surface area contributed by atoms with Crippen LogP contribution >= 0.6 is 0 Å². The molecule has 3 rings (SSSR count). The summed E-state index contributed by atoms with van der Waals surface area (Å²) in [5.74, 6) is 3.13. The van der Waals surface area contributed by atoms with Crippen molar-refractivity contribution in [3.63, 3.8) is 0 Å². The predicted molar refractivity (Wildman–Crippen MR) is 69.1 cm³/mol. The molecule has 2 fully saturated rings. The summed E-state index contributed by atoms with van der Waals surface area (Å²) in [4.78, 5) is 11.4. The van der Waals surface area contributed by atoms with Gasteiger partial charge in [-0.25, -0.2) is 9.97 Å². The van der Waals surface area contributed by atoms with Gasteiger partial charge in [0, 0.05) is 24.1 Å². The maximum atomic E-state index is 5.90. The van der Waals surface area contributed by atoms with E-state index >= 15 is 0 Å². The molecule has 4 heteroatoms. The Morgan fingerprint density at radius 3 is 2.71 bits per heavy atom. The quantitative estimate of drug-likeness (QED) is 0.850. The van der Waals surface area contributed by atoms with Crippen molar-refractivity contribution in [2.24, 2.45) is 0 Å². The Bertz CT molecular complexity index is 437. The van der Waals surface area contributed by atoms with E-state index in [2.05, 4.69) is 23.7 Å². The second kappa shape index (κ2) is 3.59. The molecule has 0 atom stereocenters. The Kier molecular flexibility index (Phi) is 2.28. The van der Waals surface area contributed by atoms with Gasteiger partial charge in [0.25, 0.3) is 0 Å². The largest absolute Gasteiger partial charge is 0.384 e. The summed E-state index contributed by atoms with van der Waals surface area (Å²) in [5, 5.41) is 0. The number of aromatic nitrogens is 2. The fourth-order valence-electron chi connectivity index (χ4n) is 2.67. The van der Waals surface area contributed by atoms with Gasteiger partial charge in [0.05, 0.1) is 0 Å². The molecule has 4 nitrogen and oxygen atoms in total. The van der Waals surface area contributed by atoms with Crippen molar-refractivity contribution in [1.82, 2.24) is 9.97 Å². The summed E-state index contributed by atoms with van der Waals surface area (Å²) in [6.07, 6.45) is 4.88. The molecular weight excluding hydrogens is 212 g/mol. The second-order valence-electron chi connectivity index (χ2n) is 5.85. The topological polar surface area (TPSA) is 55.0 Å². The minimum atomic E-state index is 0.196. The molecule has 17 heavy (non-hydrogen) atoms. The zero-order chi connectivity index (χ0) is 12.0. The van der Waals surface area contributed by atoms with Crippen LogP contribution in [0.3, 0.4) is 0 Å². The highest BCUT2D eigenvalue weighted by Crippen LogP contribution is 2.40. The smallest absolute Gasteiger partial charge is 0.136 e. The van der Waals surface area contributed by atoms with Gasteiger partial charge in [0.15, 0.2) is 0 Å². The van der Waals surface area contributed by atoms with Gasteiger partial charge in [-0.15, -0.1) is 0 Å². The van der Waals surface area contributed by atoms with E-state index in [1.807, 2.05) is 6.07 Å². The standard InChI is InChI=1S/C13H20N4/c1-13(2)6-3-7-17(13)11-8-10(14)15-12(16-11)9-4-5-9/h8-9H,3-7H2,1-2H3,(H2,14,15,16). The SMILES string of the molecule is CC1(C)CCCN1c1cc(N)nc(C2CC2)n1. The van der Waals surface area contributed by atoms with Crippen molar-refractivity contribution in [2.75, 3.05) is 17.2 Å². The minimum absolute atomic E-state index is 0.196. The Balaban J connectivity index is 1.96. The normalized spacial score (nSPS) is 23.1. The lowest BCUT2D eigenvalue weighted by Gasteiger charge is -2.32. The number of hydrogen-bond acceptors (Lipinski definition) is 4. The average molecular weight is 232 g/mol. The van der Waals surface area contributed by atoms with Gasteiger partial charge in [-0.2, -0.15) is 0 Å². The highest BCUT2D eigenvalue weighted by atomic mass is 15.3. The van der Waals surface area contributed by atoms with Gasteiger partial charge in [-0.05, 0) is 39.5 Å². The minimum Gasteiger partial charge on any atom is -0.384 e. The molecule has 1 saturated heterocycles. The molecule has 2 aliphatic rings. The number of nitrogens with zero attached hydrogens (tertiary/aromatic N) is 3. The molecule has 1 aliphatic carbocycles. The van der Waals surface area contributed by atoms with Gasteiger partial charge >= 0.3 is 0 Å². The summed E-state index contributed by atoms with van der Waals surface area (Å²) in [7, 11) is 0. The van der Waals surface area contributed by atoms with Crippen molar-refractivity contribution in [3.05, 3.63) is 11.9 Å². The van der Waals surface area contributed by atoms with Gasteiger partial charge in [-0.3, -0.25) is 0 Å². The van der Waals surface area contributed by atoms with Crippen LogP contribution < -0.4 is 10.6 Å². The highest BCUT2D eigenvalue weighted by molar-refractivity contribution is 5.50. The first-order valence-corrected chi connectivity index (χ1v) is 6.48. The first-order valence-electron chi connectivity index (χ1n) is 6.48. The molecule has 0 radical (unpaired) electrons. The molecule has 1 aromatic heterocycles. The average Bonchev–Trinajstić information content (AvgIpc) is 3.02. The summed E-state index contributed by atoms with van der Waals surface area (Å²) in [5.41, 5.74) is 6.10. The molecule has 0 spiro atoms. The van der Waals surface area contributed by atoms with Crippen LogP contribution in [0.15, 0.2) is 6.07 Å². The van der Waals surface area contributed by atoms with Crippen LogP contribution in [0.25, 0.3) is 0 Å². The fourth-order valence-corrected chi connectivity index (χ4v) is 2.67. The van der Waals surface area contributed by atoms with Crippen molar-refractivity contribution in [2.45, 2.75) is 51.0 Å². The Morgan fingerprint density at radius 2 is 2.12 bits per heavy atom. The van der Waals surface area contributed by atoms with E-state index in [0.29, 0.717) is 11.7 Å². The first-order chi connectivity index (χ1) is 8.06. The summed E-state index contributed by atoms with van der Waals surface area (Å²) < 4.78 is 0. The van der Waals surface area contributed by atoms with Crippen LogP contribution in [0.4, 0.5) is 11.6 Å². The van der Waals surface area contributed by atoms with Crippen LogP contribution in [0, 0.1) is 0 Å². The number of nitrogen functional groups attached to an aromatic ring is 1. The van der Waals surface area contributed by atoms with E-state index < -0.39 is 0 Å². The Morgan fingerprint density at radius 1 is 1.35 bits per heavy atom. The van der Waals surface area contributed by atoms with E-state index in [9.17, 15) is 0 Å². The fraction of sp³-hybridized carbons (Fsp3) is 0.692. The van der Waals surface area contributed by atoms with E-state index in [4.69, 9.17) is 10.7 Å². The molecule has 0 amide bonds. The lowest BCUT2D eigenvalue weighted by atomic mass is 10.0. The Labute approximate surface area is 102 Å². The van der Waals surface area contributed by atoms with Crippen LogP contribution in [0.1, 0.15) is 51.3 Å². The zero-order valence-electron chi connectivity index (χ0n) is 10.6. The molecule has 1 saturated carbocycles. The molecule has 0 bridgehead atoms. The zero-order valence-corrected chi connectivity index (χ0v) is 10.6.